The molecule has 1 aromatic heterocycles. The van der Waals surface area contributed by atoms with Crippen molar-refractivity contribution < 1.29 is 9.90 Å². The molecule has 0 aliphatic heterocycles. The second-order valence-corrected chi connectivity index (χ2v) is 4.03. The summed E-state index contributed by atoms with van der Waals surface area (Å²) in [5.74, 6) is -0.837. The molecule has 1 aromatic rings. The second-order valence-electron chi connectivity index (χ2n) is 3.12. The molecule has 72 valence electrons. The lowest BCUT2D eigenvalue weighted by atomic mass is 10.2. The smallest absolute Gasteiger partial charge is 0.346 e. The maximum Gasteiger partial charge on any atom is 0.346 e. The molecule has 13 heavy (non-hydrogen) atoms. The van der Waals surface area contributed by atoms with E-state index in [0.717, 1.165) is 5.56 Å². The molecule has 0 radical (unpaired) electrons. The molecule has 0 saturated heterocycles. The molecule has 0 bridgehead atoms. The van der Waals surface area contributed by atoms with Crippen molar-refractivity contribution in [2.75, 3.05) is 0 Å². The fraction of sp³-hybridized carbons (Fsp3) is 0.444. The van der Waals surface area contributed by atoms with Crippen LogP contribution in [-0.2, 0) is 6.54 Å². The molecule has 0 amide bonds. The molecule has 0 fully saturated rings. The molecule has 0 saturated carbocycles. The van der Waals surface area contributed by atoms with Crippen molar-refractivity contribution in [2.24, 2.45) is 0 Å². The molecule has 0 aromatic carbocycles. The van der Waals surface area contributed by atoms with Crippen LogP contribution in [0.3, 0.4) is 0 Å². The van der Waals surface area contributed by atoms with Gasteiger partial charge in [0.25, 0.3) is 0 Å². The van der Waals surface area contributed by atoms with Gasteiger partial charge < -0.3 is 10.4 Å². The number of hydrogen-bond acceptors (Lipinski definition) is 3. The Morgan fingerprint density at radius 3 is 2.92 bits per heavy atom. The summed E-state index contributed by atoms with van der Waals surface area (Å²) in [7, 11) is 0. The molecule has 0 aliphatic carbocycles. The molecule has 0 spiro atoms. The lowest BCUT2D eigenvalue weighted by Crippen LogP contribution is -2.22. The van der Waals surface area contributed by atoms with E-state index in [1.807, 2.05) is 19.9 Å². The van der Waals surface area contributed by atoms with Gasteiger partial charge in [0.1, 0.15) is 4.88 Å². The number of carboxylic acids is 1. The Balaban J connectivity index is 2.65. The van der Waals surface area contributed by atoms with Crippen molar-refractivity contribution in [3.63, 3.8) is 0 Å². The maximum absolute atomic E-state index is 10.7. The number of nitrogens with one attached hydrogen (secondary N) is 1. The first kappa shape index (κ1) is 10.2. The van der Waals surface area contributed by atoms with E-state index >= 15 is 0 Å². The van der Waals surface area contributed by atoms with Gasteiger partial charge in [0.05, 0.1) is 0 Å². The average Bonchev–Trinajstić information content (AvgIpc) is 2.47. The monoisotopic (exact) mass is 199 g/mol. The van der Waals surface area contributed by atoms with E-state index in [-0.39, 0.29) is 0 Å². The molecule has 2 N–H and O–H groups in total. The Morgan fingerprint density at radius 1 is 1.69 bits per heavy atom. The number of hydrogen-bond donors (Lipinski definition) is 2. The third-order valence-electron chi connectivity index (χ3n) is 1.64. The lowest BCUT2D eigenvalue weighted by Gasteiger charge is -2.06. The highest BCUT2D eigenvalue weighted by molar-refractivity contribution is 7.12. The Hall–Kier alpha value is -0.870. The highest BCUT2D eigenvalue weighted by atomic mass is 32.1. The van der Waals surface area contributed by atoms with Gasteiger partial charge >= 0.3 is 5.97 Å². The minimum atomic E-state index is -0.837. The molecular formula is C9H13NO2S. The normalized spacial score (nSPS) is 10.7. The summed E-state index contributed by atoms with van der Waals surface area (Å²) >= 11 is 1.27. The Bertz CT molecular complexity index is 294. The predicted octanol–water partition coefficient (Wildman–Crippen LogP) is 1.94. The van der Waals surface area contributed by atoms with Crippen LogP contribution in [0.4, 0.5) is 0 Å². The first-order valence-corrected chi connectivity index (χ1v) is 5.02. The van der Waals surface area contributed by atoms with E-state index in [0.29, 0.717) is 17.5 Å². The van der Waals surface area contributed by atoms with Gasteiger partial charge in [0, 0.05) is 12.6 Å². The molecule has 0 unspecified atom stereocenters. The van der Waals surface area contributed by atoms with Crippen LogP contribution in [0.5, 0.6) is 0 Å². The van der Waals surface area contributed by atoms with Crippen molar-refractivity contribution in [3.8, 4) is 0 Å². The summed E-state index contributed by atoms with van der Waals surface area (Å²) < 4.78 is 0. The van der Waals surface area contributed by atoms with Gasteiger partial charge in [-0.15, -0.1) is 11.3 Å². The minimum absolute atomic E-state index is 0.376. The highest BCUT2D eigenvalue weighted by Crippen LogP contribution is 2.16. The van der Waals surface area contributed by atoms with Gasteiger partial charge in [0.15, 0.2) is 0 Å². The van der Waals surface area contributed by atoms with Gasteiger partial charge in [-0.1, -0.05) is 13.8 Å². The summed E-state index contributed by atoms with van der Waals surface area (Å²) in [6.45, 7) is 4.70. The van der Waals surface area contributed by atoms with Crippen LogP contribution in [0.25, 0.3) is 0 Å². The first-order valence-electron chi connectivity index (χ1n) is 4.14. The number of carboxylic acid groups (broad SMARTS) is 1. The quantitative estimate of drug-likeness (QED) is 0.779. The molecule has 4 heteroatoms. The zero-order valence-corrected chi connectivity index (χ0v) is 8.52. The van der Waals surface area contributed by atoms with Crippen molar-refractivity contribution >= 4 is 17.3 Å². The molecule has 3 nitrogen and oxygen atoms in total. The standard InChI is InChI=1S/C9H13NO2S/c1-6(2)10-5-7-3-4-13-8(7)9(11)12/h3-4,6,10H,5H2,1-2H3,(H,11,12). The number of carbonyl (C=O) groups is 1. The number of rotatable bonds is 4. The first-order chi connectivity index (χ1) is 6.11. The van der Waals surface area contributed by atoms with Crippen LogP contribution >= 0.6 is 11.3 Å². The van der Waals surface area contributed by atoms with Crippen LogP contribution in [-0.4, -0.2) is 17.1 Å². The molecule has 1 rings (SSSR count). The van der Waals surface area contributed by atoms with Gasteiger partial charge in [-0.2, -0.15) is 0 Å². The molecule has 0 aliphatic rings. The lowest BCUT2D eigenvalue weighted by molar-refractivity contribution is 0.0701. The van der Waals surface area contributed by atoms with Crippen LogP contribution < -0.4 is 5.32 Å². The fourth-order valence-corrected chi connectivity index (χ4v) is 1.74. The van der Waals surface area contributed by atoms with E-state index < -0.39 is 5.97 Å². The number of aromatic carboxylic acids is 1. The largest absolute Gasteiger partial charge is 0.477 e. The molecular weight excluding hydrogens is 186 g/mol. The van der Waals surface area contributed by atoms with Gasteiger partial charge in [-0.25, -0.2) is 4.79 Å². The zero-order valence-electron chi connectivity index (χ0n) is 7.70. The van der Waals surface area contributed by atoms with Crippen LogP contribution in [0.1, 0.15) is 29.1 Å². The topological polar surface area (TPSA) is 49.3 Å². The Kier molecular flexibility index (Phi) is 3.45. The summed E-state index contributed by atoms with van der Waals surface area (Å²) in [4.78, 5) is 11.1. The van der Waals surface area contributed by atoms with E-state index in [4.69, 9.17) is 5.11 Å². The van der Waals surface area contributed by atoms with Gasteiger partial charge in [-0.05, 0) is 17.0 Å². The second kappa shape index (κ2) is 4.39. The van der Waals surface area contributed by atoms with Crippen molar-refractivity contribution in [3.05, 3.63) is 21.9 Å². The maximum atomic E-state index is 10.7. The van der Waals surface area contributed by atoms with Crippen LogP contribution in [0.2, 0.25) is 0 Å². The van der Waals surface area contributed by atoms with Gasteiger partial charge in [-0.3, -0.25) is 0 Å². The van der Waals surface area contributed by atoms with E-state index in [1.54, 1.807) is 5.38 Å². The third kappa shape index (κ3) is 2.82. The van der Waals surface area contributed by atoms with E-state index in [9.17, 15) is 4.79 Å². The highest BCUT2D eigenvalue weighted by Gasteiger charge is 2.10. The fourth-order valence-electron chi connectivity index (χ4n) is 0.977. The van der Waals surface area contributed by atoms with E-state index in [1.165, 1.54) is 11.3 Å². The average molecular weight is 199 g/mol. The molecule has 1 heterocycles. The Morgan fingerprint density at radius 2 is 2.38 bits per heavy atom. The predicted molar refractivity (Wildman–Crippen MR) is 53.3 cm³/mol. The summed E-state index contributed by atoms with van der Waals surface area (Å²) in [6.07, 6.45) is 0. The van der Waals surface area contributed by atoms with Crippen LogP contribution in [0, 0.1) is 0 Å². The van der Waals surface area contributed by atoms with Crippen molar-refractivity contribution in [2.45, 2.75) is 26.4 Å². The minimum Gasteiger partial charge on any atom is -0.477 e. The summed E-state index contributed by atoms with van der Waals surface area (Å²) in [5, 5.41) is 13.8. The third-order valence-corrected chi connectivity index (χ3v) is 2.59. The van der Waals surface area contributed by atoms with E-state index in [2.05, 4.69) is 5.32 Å². The van der Waals surface area contributed by atoms with Crippen LogP contribution in [0.15, 0.2) is 11.4 Å². The molecule has 0 atom stereocenters. The number of thiophene rings is 1. The van der Waals surface area contributed by atoms with Gasteiger partial charge in [0.2, 0.25) is 0 Å². The van der Waals surface area contributed by atoms with Crippen molar-refractivity contribution in [1.29, 1.82) is 0 Å². The zero-order chi connectivity index (χ0) is 9.84. The Labute approximate surface area is 81.4 Å². The van der Waals surface area contributed by atoms with Crippen molar-refractivity contribution in [1.82, 2.24) is 5.32 Å². The SMILES string of the molecule is CC(C)NCc1ccsc1C(=O)O. The summed E-state index contributed by atoms with van der Waals surface area (Å²) in [6, 6.07) is 2.23. The summed E-state index contributed by atoms with van der Waals surface area (Å²) in [5.41, 5.74) is 0.867.